The summed E-state index contributed by atoms with van der Waals surface area (Å²) in [6.07, 6.45) is 5.32. The van der Waals surface area contributed by atoms with Crippen LogP contribution in [-0.2, 0) is 6.42 Å². The Bertz CT molecular complexity index is 291. The first-order valence-corrected chi connectivity index (χ1v) is 7.79. The molecule has 0 amide bonds. The van der Waals surface area contributed by atoms with E-state index in [1.54, 1.807) is 11.3 Å². The van der Waals surface area contributed by atoms with Crippen LogP contribution in [0.1, 0.15) is 31.7 Å². The fourth-order valence-corrected chi connectivity index (χ4v) is 3.20. The van der Waals surface area contributed by atoms with Gasteiger partial charge in [0, 0.05) is 19.1 Å². The molecule has 0 aromatic carbocycles. The molecular formula is C14H24N2S. The quantitative estimate of drug-likeness (QED) is 0.837. The third-order valence-electron chi connectivity index (χ3n) is 3.63. The van der Waals surface area contributed by atoms with Gasteiger partial charge in [-0.15, -0.1) is 0 Å². The molecule has 0 saturated carbocycles. The molecule has 1 atom stereocenters. The van der Waals surface area contributed by atoms with E-state index in [1.165, 1.54) is 57.4 Å². The second-order valence-electron chi connectivity index (χ2n) is 4.92. The topological polar surface area (TPSA) is 15.3 Å². The Labute approximate surface area is 109 Å². The largest absolute Gasteiger partial charge is 0.313 e. The summed E-state index contributed by atoms with van der Waals surface area (Å²) in [7, 11) is 0. The second-order valence-corrected chi connectivity index (χ2v) is 5.70. The standard InChI is InChI=1S/C14H24N2S/c1-2-16(9-6-13-7-10-17-12-13)11-14-5-3-4-8-15-14/h7,10,12,14-15H,2-6,8-9,11H2,1H3. The lowest BCUT2D eigenvalue weighted by molar-refractivity contribution is 0.235. The zero-order valence-electron chi connectivity index (χ0n) is 10.8. The van der Waals surface area contributed by atoms with Crippen molar-refractivity contribution in [3.05, 3.63) is 22.4 Å². The van der Waals surface area contributed by atoms with Crippen molar-refractivity contribution in [3.8, 4) is 0 Å². The molecule has 0 aliphatic carbocycles. The van der Waals surface area contributed by atoms with Crippen molar-refractivity contribution >= 4 is 11.3 Å². The Kier molecular flexibility index (Phi) is 5.49. The molecule has 2 heterocycles. The Morgan fingerprint density at radius 2 is 2.41 bits per heavy atom. The molecule has 0 bridgehead atoms. The molecule has 1 unspecified atom stereocenters. The lowest BCUT2D eigenvalue weighted by Gasteiger charge is -2.29. The summed E-state index contributed by atoms with van der Waals surface area (Å²) in [5.41, 5.74) is 1.49. The van der Waals surface area contributed by atoms with Gasteiger partial charge in [0.15, 0.2) is 0 Å². The Balaban J connectivity index is 1.72. The van der Waals surface area contributed by atoms with Gasteiger partial charge in [0.2, 0.25) is 0 Å². The molecule has 2 rings (SSSR count). The molecule has 17 heavy (non-hydrogen) atoms. The molecule has 1 aliphatic rings. The number of thiophene rings is 1. The summed E-state index contributed by atoms with van der Waals surface area (Å²) in [6.45, 7) is 7.08. The SMILES string of the molecule is CCN(CCc1ccsc1)CC1CCCCN1. The minimum Gasteiger partial charge on any atom is -0.313 e. The number of nitrogens with one attached hydrogen (secondary N) is 1. The van der Waals surface area contributed by atoms with Crippen molar-refractivity contribution in [3.63, 3.8) is 0 Å². The predicted molar refractivity (Wildman–Crippen MR) is 75.8 cm³/mol. The number of piperidine rings is 1. The minimum atomic E-state index is 0.728. The Morgan fingerprint density at radius 1 is 1.47 bits per heavy atom. The van der Waals surface area contributed by atoms with Crippen molar-refractivity contribution in [2.24, 2.45) is 0 Å². The fourth-order valence-electron chi connectivity index (χ4n) is 2.49. The maximum absolute atomic E-state index is 3.64. The third-order valence-corrected chi connectivity index (χ3v) is 4.37. The van der Waals surface area contributed by atoms with E-state index in [1.807, 2.05) is 0 Å². The lowest BCUT2D eigenvalue weighted by Crippen LogP contribution is -2.44. The van der Waals surface area contributed by atoms with Gasteiger partial charge < -0.3 is 10.2 Å². The van der Waals surface area contributed by atoms with E-state index in [0.29, 0.717) is 0 Å². The van der Waals surface area contributed by atoms with Gasteiger partial charge in [-0.05, 0) is 54.7 Å². The van der Waals surface area contributed by atoms with E-state index in [9.17, 15) is 0 Å². The molecule has 3 heteroatoms. The van der Waals surface area contributed by atoms with E-state index in [4.69, 9.17) is 0 Å². The second kappa shape index (κ2) is 7.14. The van der Waals surface area contributed by atoms with Crippen LogP contribution >= 0.6 is 11.3 Å². The van der Waals surface area contributed by atoms with Crippen LogP contribution in [0.3, 0.4) is 0 Å². The first-order valence-electron chi connectivity index (χ1n) is 6.85. The molecule has 1 aliphatic heterocycles. The summed E-state index contributed by atoms with van der Waals surface area (Å²) < 4.78 is 0. The molecule has 1 aromatic rings. The van der Waals surface area contributed by atoms with Crippen LogP contribution in [-0.4, -0.2) is 37.1 Å². The molecule has 1 N–H and O–H groups in total. The monoisotopic (exact) mass is 252 g/mol. The van der Waals surface area contributed by atoms with E-state index >= 15 is 0 Å². The molecule has 1 aromatic heterocycles. The van der Waals surface area contributed by atoms with Crippen molar-refractivity contribution in [2.75, 3.05) is 26.2 Å². The molecule has 2 nitrogen and oxygen atoms in total. The van der Waals surface area contributed by atoms with Crippen molar-refractivity contribution in [2.45, 2.75) is 38.6 Å². The van der Waals surface area contributed by atoms with Gasteiger partial charge in [-0.25, -0.2) is 0 Å². The molecule has 1 fully saturated rings. The van der Waals surface area contributed by atoms with Gasteiger partial charge in [0.25, 0.3) is 0 Å². The molecule has 0 radical (unpaired) electrons. The number of hydrogen-bond donors (Lipinski definition) is 1. The number of nitrogens with zero attached hydrogens (tertiary/aromatic N) is 1. The summed E-state index contributed by atoms with van der Waals surface area (Å²) in [5, 5.41) is 8.08. The highest BCUT2D eigenvalue weighted by atomic mass is 32.1. The van der Waals surface area contributed by atoms with Crippen LogP contribution < -0.4 is 5.32 Å². The zero-order valence-corrected chi connectivity index (χ0v) is 11.6. The van der Waals surface area contributed by atoms with E-state index in [-0.39, 0.29) is 0 Å². The Morgan fingerprint density at radius 3 is 3.06 bits per heavy atom. The average molecular weight is 252 g/mol. The van der Waals surface area contributed by atoms with Crippen LogP contribution in [0, 0.1) is 0 Å². The highest BCUT2D eigenvalue weighted by Gasteiger charge is 2.15. The Hall–Kier alpha value is -0.380. The van der Waals surface area contributed by atoms with Crippen molar-refractivity contribution in [1.29, 1.82) is 0 Å². The summed E-state index contributed by atoms with van der Waals surface area (Å²) in [6, 6.07) is 2.98. The average Bonchev–Trinajstić information content (AvgIpc) is 2.89. The molecule has 1 saturated heterocycles. The van der Waals surface area contributed by atoms with E-state index in [2.05, 4.69) is 34.0 Å². The van der Waals surface area contributed by atoms with Crippen LogP contribution in [0.2, 0.25) is 0 Å². The number of hydrogen-bond acceptors (Lipinski definition) is 3. The maximum atomic E-state index is 3.64. The number of likely N-dealkylation sites (N-methyl/N-ethyl adjacent to an activating group) is 1. The van der Waals surface area contributed by atoms with Gasteiger partial charge >= 0.3 is 0 Å². The third kappa shape index (κ3) is 4.41. The van der Waals surface area contributed by atoms with E-state index in [0.717, 1.165) is 6.04 Å². The van der Waals surface area contributed by atoms with Crippen LogP contribution in [0.4, 0.5) is 0 Å². The van der Waals surface area contributed by atoms with Gasteiger partial charge in [0.05, 0.1) is 0 Å². The van der Waals surface area contributed by atoms with Crippen LogP contribution in [0.25, 0.3) is 0 Å². The van der Waals surface area contributed by atoms with Crippen molar-refractivity contribution in [1.82, 2.24) is 10.2 Å². The van der Waals surface area contributed by atoms with Gasteiger partial charge in [-0.3, -0.25) is 0 Å². The maximum Gasteiger partial charge on any atom is 0.0195 e. The summed E-state index contributed by atoms with van der Waals surface area (Å²) in [5.74, 6) is 0. The lowest BCUT2D eigenvalue weighted by atomic mass is 10.0. The van der Waals surface area contributed by atoms with Gasteiger partial charge in [-0.1, -0.05) is 13.3 Å². The van der Waals surface area contributed by atoms with Crippen LogP contribution in [0.15, 0.2) is 16.8 Å². The normalized spacial score (nSPS) is 20.9. The minimum absolute atomic E-state index is 0.728. The van der Waals surface area contributed by atoms with Crippen molar-refractivity contribution < 1.29 is 0 Å². The van der Waals surface area contributed by atoms with Gasteiger partial charge in [0.1, 0.15) is 0 Å². The highest BCUT2D eigenvalue weighted by molar-refractivity contribution is 7.07. The predicted octanol–water partition coefficient (Wildman–Crippen LogP) is 2.75. The fraction of sp³-hybridized carbons (Fsp3) is 0.714. The van der Waals surface area contributed by atoms with E-state index < -0.39 is 0 Å². The highest BCUT2D eigenvalue weighted by Crippen LogP contribution is 2.10. The summed E-state index contributed by atoms with van der Waals surface area (Å²) in [4.78, 5) is 2.58. The van der Waals surface area contributed by atoms with Crippen LogP contribution in [0.5, 0.6) is 0 Å². The zero-order chi connectivity index (χ0) is 11.9. The first-order chi connectivity index (χ1) is 8.38. The summed E-state index contributed by atoms with van der Waals surface area (Å²) >= 11 is 1.80. The van der Waals surface area contributed by atoms with Gasteiger partial charge in [-0.2, -0.15) is 11.3 Å². The molecule has 96 valence electrons. The smallest absolute Gasteiger partial charge is 0.0195 e. The number of rotatable bonds is 6. The molecule has 0 spiro atoms. The first kappa shape index (κ1) is 13.1. The molecular weight excluding hydrogens is 228 g/mol.